The Balaban J connectivity index is 1.17. The maximum absolute atomic E-state index is 12.2. The van der Waals surface area contributed by atoms with Crippen LogP contribution in [0.5, 0.6) is 0 Å². The fraction of sp³-hybridized carbons (Fsp3) is 0.519. The van der Waals surface area contributed by atoms with E-state index in [1.165, 1.54) is 37.7 Å². The molecule has 2 fully saturated rings. The number of nitrogens with one attached hydrogen (secondary N) is 2. The monoisotopic (exact) mass is 520 g/mol. The summed E-state index contributed by atoms with van der Waals surface area (Å²) in [5.74, 6) is 1.86. The summed E-state index contributed by atoms with van der Waals surface area (Å²) in [6.45, 7) is 2.71. The van der Waals surface area contributed by atoms with Crippen molar-refractivity contribution in [3.05, 3.63) is 42.4 Å². The molecule has 9 nitrogen and oxygen atoms in total. The summed E-state index contributed by atoms with van der Waals surface area (Å²) in [5.41, 5.74) is 2.07. The van der Waals surface area contributed by atoms with Crippen molar-refractivity contribution in [3.63, 3.8) is 0 Å². The molecule has 1 amide bonds. The van der Waals surface area contributed by atoms with Crippen LogP contribution in [0.1, 0.15) is 50.5 Å². The number of hydrogen-bond acceptors (Lipinski definition) is 9. The fourth-order valence-electron chi connectivity index (χ4n) is 5.16. The quantitative estimate of drug-likeness (QED) is 0.438. The molecule has 5 rings (SSSR count). The molecular formula is C27H36N8OS. The fourth-order valence-corrected chi connectivity index (χ4v) is 5.95. The van der Waals surface area contributed by atoms with Gasteiger partial charge >= 0.3 is 0 Å². The van der Waals surface area contributed by atoms with Crippen molar-refractivity contribution in [2.45, 2.75) is 57.5 Å². The molecule has 0 unspecified atom stereocenters. The van der Waals surface area contributed by atoms with Gasteiger partial charge < -0.3 is 15.5 Å². The molecule has 0 atom stereocenters. The van der Waals surface area contributed by atoms with Crippen molar-refractivity contribution in [1.82, 2.24) is 29.7 Å². The summed E-state index contributed by atoms with van der Waals surface area (Å²) in [6.07, 6.45) is 13.6. The zero-order valence-corrected chi connectivity index (χ0v) is 22.5. The Bertz CT molecular complexity index is 1180. The van der Waals surface area contributed by atoms with Crippen LogP contribution in [-0.2, 0) is 11.3 Å². The molecule has 2 aliphatic rings. The van der Waals surface area contributed by atoms with Gasteiger partial charge in [-0.05, 0) is 62.5 Å². The SMILES string of the molecule is CN(C)C(=O)C1CCN(Cc2ccnc(Nc3ncc(-c4ccnc(NC5CCCCC5)n4)s3)c2)CC1. The van der Waals surface area contributed by atoms with Crippen LogP contribution in [-0.4, -0.2) is 68.9 Å². The molecule has 1 aliphatic heterocycles. The van der Waals surface area contributed by atoms with Crippen molar-refractivity contribution >= 4 is 34.1 Å². The number of pyridine rings is 1. The number of likely N-dealkylation sites (tertiary alicyclic amines) is 1. The van der Waals surface area contributed by atoms with Crippen molar-refractivity contribution in [3.8, 4) is 10.6 Å². The second kappa shape index (κ2) is 12.0. The minimum Gasteiger partial charge on any atom is -0.351 e. The number of amides is 1. The number of nitrogens with zero attached hydrogens (tertiary/aromatic N) is 6. The Morgan fingerprint density at radius 3 is 2.62 bits per heavy atom. The molecule has 196 valence electrons. The number of rotatable bonds is 8. The Morgan fingerprint density at radius 1 is 1.05 bits per heavy atom. The number of carbonyl (C=O) groups is 1. The van der Waals surface area contributed by atoms with Gasteiger partial charge in [-0.1, -0.05) is 30.6 Å². The van der Waals surface area contributed by atoms with Gasteiger partial charge in [0.1, 0.15) is 5.82 Å². The van der Waals surface area contributed by atoms with E-state index in [0.29, 0.717) is 12.0 Å². The van der Waals surface area contributed by atoms with Gasteiger partial charge in [0.25, 0.3) is 0 Å². The van der Waals surface area contributed by atoms with Gasteiger partial charge in [0.15, 0.2) is 5.13 Å². The zero-order valence-electron chi connectivity index (χ0n) is 21.7. The highest BCUT2D eigenvalue weighted by atomic mass is 32.1. The van der Waals surface area contributed by atoms with Crippen LogP contribution >= 0.6 is 11.3 Å². The molecule has 3 aromatic heterocycles. The summed E-state index contributed by atoms with van der Waals surface area (Å²) >= 11 is 1.56. The first-order valence-corrected chi connectivity index (χ1v) is 14.1. The van der Waals surface area contributed by atoms with Gasteiger partial charge in [-0.25, -0.2) is 19.9 Å². The van der Waals surface area contributed by atoms with E-state index in [0.717, 1.165) is 54.0 Å². The molecule has 4 heterocycles. The average Bonchev–Trinajstić information content (AvgIpc) is 3.38. The van der Waals surface area contributed by atoms with E-state index in [2.05, 4.69) is 42.6 Å². The molecule has 1 aliphatic carbocycles. The number of piperidine rings is 1. The maximum Gasteiger partial charge on any atom is 0.225 e. The van der Waals surface area contributed by atoms with Crippen LogP contribution in [0.3, 0.4) is 0 Å². The van der Waals surface area contributed by atoms with Gasteiger partial charge in [-0.2, -0.15) is 0 Å². The topological polar surface area (TPSA) is 99.2 Å². The van der Waals surface area contributed by atoms with Gasteiger partial charge in [0, 0.05) is 51.2 Å². The molecule has 0 radical (unpaired) electrons. The molecule has 0 bridgehead atoms. The predicted molar refractivity (Wildman–Crippen MR) is 148 cm³/mol. The minimum absolute atomic E-state index is 0.147. The first kappa shape index (κ1) is 25.5. The molecule has 0 spiro atoms. The Labute approximate surface area is 222 Å². The smallest absolute Gasteiger partial charge is 0.225 e. The highest BCUT2D eigenvalue weighted by Gasteiger charge is 2.26. The third-order valence-corrected chi connectivity index (χ3v) is 8.13. The van der Waals surface area contributed by atoms with E-state index < -0.39 is 0 Å². The maximum atomic E-state index is 12.2. The van der Waals surface area contributed by atoms with Crippen molar-refractivity contribution in [1.29, 1.82) is 0 Å². The molecule has 1 saturated carbocycles. The van der Waals surface area contributed by atoms with Crippen molar-refractivity contribution in [2.24, 2.45) is 5.92 Å². The molecule has 37 heavy (non-hydrogen) atoms. The Morgan fingerprint density at radius 2 is 1.84 bits per heavy atom. The Hall–Kier alpha value is -3.11. The largest absolute Gasteiger partial charge is 0.351 e. The molecule has 0 aromatic carbocycles. The lowest BCUT2D eigenvalue weighted by Gasteiger charge is -2.32. The van der Waals surface area contributed by atoms with Crippen LogP contribution in [0.25, 0.3) is 10.6 Å². The van der Waals surface area contributed by atoms with E-state index >= 15 is 0 Å². The number of carbonyl (C=O) groups excluding carboxylic acids is 1. The molecule has 10 heteroatoms. The van der Waals surface area contributed by atoms with Crippen LogP contribution in [0.15, 0.2) is 36.8 Å². The standard InChI is InChI=1S/C27H36N8OS/c1-34(2)25(36)20-10-14-35(15-11-20)18-19-8-12-28-24(16-19)33-27-30-17-23(37-27)22-9-13-29-26(32-22)31-21-6-4-3-5-7-21/h8-9,12-13,16-17,20-21H,3-7,10-11,14-15,18H2,1-2H3,(H,28,30,33)(H,29,31,32). The predicted octanol–water partition coefficient (Wildman–Crippen LogP) is 4.78. The second-order valence-electron chi connectivity index (χ2n) is 10.2. The minimum atomic E-state index is 0.147. The van der Waals surface area contributed by atoms with Crippen LogP contribution < -0.4 is 10.6 Å². The lowest BCUT2D eigenvalue weighted by molar-refractivity contribution is -0.134. The highest BCUT2D eigenvalue weighted by molar-refractivity contribution is 7.18. The third kappa shape index (κ3) is 6.81. The van der Waals surface area contributed by atoms with E-state index in [1.54, 1.807) is 16.2 Å². The molecular weight excluding hydrogens is 484 g/mol. The van der Waals surface area contributed by atoms with Gasteiger partial charge in [0.05, 0.1) is 10.6 Å². The average molecular weight is 521 g/mol. The van der Waals surface area contributed by atoms with Crippen molar-refractivity contribution < 1.29 is 4.79 Å². The summed E-state index contributed by atoms with van der Waals surface area (Å²) in [5, 5.41) is 7.64. The molecule has 3 aromatic rings. The summed E-state index contributed by atoms with van der Waals surface area (Å²) in [6, 6.07) is 6.52. The lowest BCUT2D eigenvalue weighted by atomic mass is 9.95. The summed E-state index contributed by atoms with van der Waals surface area (Å²) in [7, 11) is 3.68. The summed E-state index contributed by atoms with van der Waals surface area (Å²) in [4.78, 5) is 35.6. The normalized spacial score (nSPS) is 17.5. The van der Waals surface area contributed by atoms with E-state index in [4.69, 9.17) is 4.98 Å². The number of aromatic nitrogens is 4. The van der Waals surface area contributed by atoms with E-state index in [1.807, 2.05) is 38.8 Å². The van der Waals surface area contributed by atoms with Crippen LogP contribution in [0, 0.1) is 5.92 Å². The van der Waals surface area contributed by atoms with E-state index in [9.17, 15) is 4.79 Å². The second-order valence-corrected chi connectivity index (χ2v) is 11.3. The first-order valence-electron chi connectivity index (χ1n) is 13.2. The van der Waals surface area contributed by atoms with Crippen molar-refractivity contribution in [2.75, 3.05) is 37.8 Å². The zero-order chi connectivity index (χ0) is 25.6. The molecule has 2 N–H and O–H groups in total. The molecule has 1 saturated heterocycles. The lowest BCUT2D eigenvalue weighted by Crippen LogP contribution is -2.39. The van der Waals surface area contributed by atoms with E-state index in [-0.39, 0.29) is 11.8 Å². The summed E-state index contributed by atoms with van der Waals surface area (Å²) < 4.78 is 0. The number of anilines is 3. The number of thiazole rings is 1. The number of hydrogen-bond donors (Lipinski definition) is 2. The van der Waals surface area contributed by atoms with Gasteiger partial charge in [-0.15, -0.1) is 0 Å². The van der Waals surface area contributed by atoms with Gasteiger partial charge in [-0.3, -0.25) is 9.69 Å². The van der Waals surface area contributed by atoms with Gasteiger partial charge in [0.2, 0.25) is 11.9 Å². The van der Waals surface area contributed by atoms with Crippen LogP contribution in [0.2, 0.25) is 0 Å². The van der Waals surface area contributed by atoms with Crippen LogP contribution in [0.4, 0.5) is 16.9 Å². The third-order valence-electron chi connectivity index (χ3n) is 7.20. The Kier molecular flexibility index (Phi) is 8.25. The highest BCUT2D eigenvalue weighted by Crippen LogP contribution is 2.30. The first-order chi connectivity index (χ1) is 18.0.